The first-order valence-electron chi connectivity index (χ1n) is 6.38. The Balaban J connectivity index is 2.78. The molecule has 0 spiro atoms. The number of hydrogen-bond donors (Lipinski definition) is 1. The Kier molecular flexibility index (Phi) is 4.26. The Labute approximate surface area is 135 Å². The third-order valence-corrected chi connectivity index (χ3v) is 4.41. The molecule has 0 bridgehead atoms. The summed E-state index contributed by atoms with van der Waals surface area (Å²) in [7, 11) is 0. The Morgan fingerprint density at radius 1 is 1.33 bits per heavy atom. The summed E-state index contributed by atoms with van der Waals surface area (Å²) in [5, 5.41) is -0.0220. The van der Waals surface area contributed by atoms with E-state index in [1.54, 1.807) is 19.1 Å². The van der Waals surface area contributed by atoms with E-state index in [0.29, 0.717) is 21.6 Å². The molecule has 112 valence electrons. The minimum atomic E-state index is -0.591. The number of halogens is 3. The molecule has 0 radical (unpaired) electrons. The summed E-state index contributed by atoms with van der Waals surface area (Å²) in [5.74, 6) is -0.0846. The van der Waals surface area contributed by atoms with Gasteiger partial charge >= 0.3 is 0 Å². The van der Waals surface area contributed by atoms with Gasteiger partial charge in [0.1, 0.15) is 5.82 Å². The van der Waals surface area contributed by atoms with Gasteiger partial charge in [0.15, 0.2) is 5.82 Å². The average molecular weight is 374 g/mol. The van der Waals surface area contributed by atoms with Crippen LogP contribution in [0.5, 0.6) is 0 Å². The molecule has 0 atom stereocenters. The van der Waals surface area contributed by atoms with Crippen molar-refractivity contribution in [3.8, 4) is 11.3 Å². The van der Waals surface area contributed by atoms with Crippen molar-refractivity contribution in [1.29, 1.82) is 0 Å². The predicted octanol–water partition coefficient (Wildman–Crippen LogP) is 4.60. The fourth-order valence-corrected chi connectivity index (χ4v) is 2.33. The van der Waals surface area contributed by atoms with Gasteiger partial charge in [0.05, 0.1) is 10.7 Å². The van der Waals surface area contributed by atoms with Gasteiger partial charge in [-0.1, -0.05) is 32.4 Å². The first kappa shape index (κ1) is 16.2. The summed E-state index contributed by atoms with van der Waals surface area (Å²) >= 11 is 9.09. The van der Waals surface area contributed by atoms with E-state index in [2.05, 4.69) is 25.9 Å². The molecule has 0 saturated heterocycles. The molecule has 2 aromatic rings. The van der Waals surface area contributed by atoms with Crippen molar-refractivity contribution in [2.24, 2.45) is 0 Å². The molecule has 1 aromatic carbocycles. The molecular weight excluding hydrogens is 359 g/mol. The second-order valence-electron chi connectivity index (χ2n) is 5.86. The van der Waals surface area contributed by atoms with Crippen LogP contribution in [0, 0.1) is 12.7 Å². The summed E-state index contributed by atoms with van der Waals surface area (Å²) in [6.07, 6.45) is 0. The van der Waals surface area contributed by atoms with E-state index < -0.39 is 5.82 Å². The molecule has 1 N–H and O–H groups in total. The van der Waals surface area contributed by atoms with Gasteiger partial charge in [-0.05, 0) is 35.0 Å². The Morgan fingerprint density at radius 2 is 1.95 bits per heavy atom. The van der Waals surface area contributed by atoms with Crippen molar-refractivity contribution in [2.75, 3.05) is 0 Å². The fraction of sp³-hybridized carbons (Fsp3) is 0.333. The van der Waals surface area contributed by atoms with E-state index in [-0.39, 0.29) is 21.6 Å². The number of benzene rings is 1. The number of nitrogens with zero attached hydrogens (tertiary/aromatic N) is 1. The second-order valence-corrected chi connectivity index (χ2v) is 7.09. The lowest BCUT2D eigenvalue weighted by Gasteiger charge is -2.19. The molecule has 0 aliphatic carbocycles. The molecule has 0 fully saturated rings. The highest BCUT2D eigenvalue weighted by Crippen LogP contribution is 2.33. The summed E-state index contributed by atoms with van der Waals surface area (Å²) in [4.78, 5) is 19.3. The lowest BCUT2D eigenvalue weighted by Crippen LogP contribution is -2.24. The number of aromatic nitrogens is 2. The zero-order chi connectivity index (χ0) is 15.9. The standard InChI is InChI=1S/C15H15BrClFN2O/c1-7-12(8-5-6-9(16)10(17)11(8)18)19-14(15(2,3)4)20-13(7)21/h5-6H,1-4H3,(H,19,20,21). The lowest BCUT2D eigenvalue weighted by atomic mass is 9.95. The molecule has 0 aliphatic heterocycles. The van der Waals surface area contributed by atoms with Crippen LogP contribution >= 0.6 is 27.5 Å². The lowest BCUT2D eigenvalue weighted by molar-refractivity contribution is 0.542. The summed E-state index contributed by atoms with van der Waals surface area (Å²) in [6, 6.07) is 3.20. The number of aromatic amines is 1. The molecule has 0 unspecified atom stereocenters. The SMILES string of the molecule is Cc1c(-c2ccc(Br)c(Cl)c2F)nc(C(C)(C)C)[nH]c1=O. The van der Waals surface area contributed by atoms with Crippen LogP contribution in [0.2, 0.25) is 5.02 Å². The van der Waals surface area contributed by atoms with E-state index in [4.69, 9.17) is 11.6 Å². The molecule has 0 amide bonds. The second kappa shape index (κ2) is 5.54. The molecule has 2 rings (SSSR count). The maximum Gasteiger partial charge on any atom is 0.254 e. The fourth-order valence-electron chi connectivity index (χ4n) is 1.86. The average Bonchev–Trinajstić information content (AvgIpc) is 2.39. The minimum Gasteiger partial charge on any atom is -0.310 e. The number of H-pyrrole nitrogens is 1. The topological polar surface area (TPSA) is 45.8 Å². The van der Waals surface area contributed by atoms with Crippen LogP contribution in [0.3, 0.4) is 0 Å². The Morgan fingerprint density at radius 3 is 2.52 bits per heavy atom. The number of rotatable bonds is 1. The third kappa shape index (κ3) is 3.04. The summed E-state index contributed by atoms with van der Waals surface area (Å²) < 4.78 is 14.8. The first-order valence-corrected chi connectivity index (χ1v) is 7.55. The molecular formula is C15H15BrClFN2O. The maximum absolute atomic E-state index is 14.4. The van der Waals surface area contributed by atoms with Crippen LogP contribution in [0.1, 0.15) is 32.2 Å². The van der Waals surface area contributed by atoms with Gasteiger partial charge in [-0.3, -0.25) is 4.79 Å². The summed E-state index contributed by atoms with van der Waals surface area (Å²) in [5.41, 5.74) is 0.272. The largest absolute Gasteiger partial charge is 0.310 e. The van der Waals surface area contributed by atoms with Crippen LogP contribution in [-0.4, -0.2) is 9.97 Å². The molecule has 21 heavy (non-hydrogen) atoms. The molecule has 1 aromatic heterocycles. The highest BCUT2D eigenvalue weighted by molar-refractivity contribution is 9.10. The maximum atomic E-state index is 14.4. The molecule has 0 saturated carbocycles. The van der Waals surface area contributed by atoms with Gasteiger partial charge in [-0.25, -0.2) is 9.37 Å². The zero-order valence-electron chi connectivity index (χ0n) is 12.1. The van der Waals surface area contributed by atoms with Crippen LogP contribution < -0.4 is 5.56 Å². The van der Waals surface area contributed by atoms with Crippen molar-refractivity contribution in [3.05, 3.63) is 49.2 Å². The van der Waals surface area contributed by atoms with Crippen LogP contribution in [-0.2, 0) is 5.41 Å². The monoisotopic (exact) mass is 372 g/mol. The van der Waals surface area contributed by atoms with Crippen molar-refractivity contribution >= 4 is 27.5 Å². The molecule has 0 aliphatic rings. The van der Waals surface area contributed by atoms with Gasteiger partial charge in [-0.2, -0.15) is 0 Å². The van der Waals surface area contributed by atoms with E-state index in [9.17, 15) is 9.18 Å². The molecule has 1 heterocycles. The minimum absolute atomic E-state index is 0.0220. The molecule has 3 nitrogen and oxygen atoms in total. The normalized spacial score (nSPS) is 11.8. The highest BCUT2D eigenvalue weighted by Gasteiger charge is 2.22. The van der Waals surface area contributed by atoms with E-state index in [0.717, 1.165) is 0 Å². The van der Waals surface area contributed by atoms with E-state index in [1.165, 1.54) is 0 Å². The number of nitrogens with one attached hydrogen (secondary N) is 1. The van der Waals surface area contributed by atoms with Crippen LogP contribution in [0.15, 0.2) is 21.4 Å². The Hall–Kier alpha value is -1.20. The van der Waals surface area contributed by atoms with Crippen LogP contribution in [0.4, 0.5) is 4.39 Å². The highest BCUT2D eigenvalue weighted by atomic mass is 79.9. The molecule has 6 heteroatoms. The number of hydrogen-bond acceptors (Lipinski definition) is 2. The van der Waals surface area contributed by atoms with Gasteiger partial charge < -0.3 is 4.98 Å². The van der Waals surface area contributed by atoms with Crippen molar-refractivity contribution in [1.82, 2.24) is 9.97 Å². The van der Waals surface area contributed by atoms with Crippen molar-refractivity contribution in [3.63, 3.8) is 0 Å². The van der Waals surface area contributed by atoms with Gasteiger partial charge in [0, 0.05) is 21.0 Å². The van der Waals surface area contributed by atoms with E-state index in [1.807, 2.05) is 20.8 Å². The smallest absolute Gasteiger partial charge is 0.254 e. The quantitative estimate of drug-likeness (QED) is 0.743. The zero-order valence-corrected chi connectivity index (χ0v) is 14.5. The van der Waals surface area contributed by atoms with Gasteiger partial charge in [0.25, 0.3) is 5.56 Å². The van der Waals surface area contributed by atoms with Crippen LogP contribution in [0.25, 0.3) is 11.3 Å². The van der Waals surface area contributed by atoms with Gasteiger partial charge in [0.2, 0.25) is 0 Å². The van der Waals surface area contributed by atoms with Crippen molar-refractivity contribution in [2.45, 2.75) is 33.1 Å². The first-order chi connectivity index (χ1) is 9.62. The third-order valence-electron chi connectivity index (χ3n) is 3.15. The predicted molar refractivity (Wildman–Crippen MR) is 86.4 cm³/mol. The van der Waals surface area contributed by atoms with Crippen molar-refractivity contribution < 1.29 is 4.39 Å². The summed E-state index contributed by atoms with van der Waals surface area (Å²) in [6.45, 7) is 7.39. The van der Waals surface area contributed by atoms with E-state index >= 15 is 0 Å². The Bertz CT molecular complexity index is 765. The van der Waals surface area contributed by atoms with Gasteiger partial charge in [-0.15, -0.1) is 0 Å².